The lowest BCUT2D eigenvalue weighted by molar-refractivity contribution is 0.524. The van der Waals surface area contributed by atoms with Crippen molar-refractivity contribution >= 4 is 39.2 Å². The normalized spacial score (nSPS) is 12.0. The van der Waals surface area contributed by atoms with Crippen LogP contribution in [0.5, 0.6) is 0 Å². The zero-order chi connectivity index (χ0) is 18.6. The van der Waals surface area contributed by atoms with Gasteiger partial charge < -0.3 is 0 Å². The zero-order valence-corrected chi connectivity index (χ0v) is 20.0. The zero-order valence-electron chi connectivity index (χ0n) is 16.8. The lowest BCUT2D eigenvalue weighted by Gasteiger charge is -2.07. The average molecular weight is 430 g/mol. The summed E-state index contributed by atoms with van der Waals surface area (Å²) in [5, 5.41) is 0. The highest BCUT2D eigenvalue weighted by atomic mass is 35.8. The Balaban J connectivity index is 3.01. The minimum Gasteiger partial charge on any atom is -0.126 e. The second kappa shape index (κ2) is 19.8. The van der Waals surface area contributed by atoms with Gasteiger partial charge in [-0.2, -0.15) is 0 Å². The van der Waals surface area contributed by atoms with Crippen molar-refractivity contribution in [2.75, 3.05) is 0 Å². The molecular formula is C21H43Cl3Si. The van der Waals surface area contributed by atoms with Gasteiger partial charge in [-0.25, -0.2) is 0 Å². The standard InChI is InChI=1S/C21H43Cl3Si/c1-2-3-4-5-6-7-8-9-10-11-12-13-14-15-16-17-18-19-20-21-25(22,23)24/h2-21H2,1H3. The molecule has 0 aromatic carbocycles. The highest BCUT2D eigenvalue weighted by molar-refractivity contribution is 7.64. The number of hydrogen-bond donors (Lipinski definition) is 0. The van der Waals surface area contributed by atoms with Crippen LogP contribution >= 0.6 is 33.2 Å². The van der Waals surface area contributed by atoms with Crippen molar-refractivity contribution in [3.8, 4) is 0 Å². The van der Waals surface area contributed by atoms with Crippen LogP contribution in [0.3, 0.4) is 0 Å². The van der Waals surface area contributed by atoms with E-state index in [-0.39, 0.29) is 0 Å². The molecule has 0 saturated heterocycles. The molecule has 152 valence electrons. The van der Waals surface area contributed by atoms with Crippen LogP contribution in [0.2, 0.25) is 6.04 Å². The van der Waals surface area contributed by atoms with Crippen molar-refractivity contribution in [3.05, 3.63) is 0 Å². The topological polar surface area (TPSA) is 0 Å². The minimum atomic E-state index is -2.35. The highest BCUT2D eigenvalue weighted by Gasteiger charge is 2.23. The summed E-state index contributed by atoms with van der Waals surface area (Å²) in [4.78, 5) is 0. The number of halogens is 3. The maximum atomic E-state index is 5.88. The molecule has 0 aliphatic heterocycles. The first kappa shape index (κ1) is 26.1. The molecule has 0 aliphatic carbocycles. The second-order valence-corrected chi connectivity index (χ2v) is 17.0. The molecule has 0 nitrogen and oxygen atoms in total. The number of unbranched alkanes of at least 4 members (excludes halogenated alkanes) is 18. The molecule has 0 fully saturated rings. The summed E-state index contributed by atoms with van der Waals surface area (Å²) in [6, 6.07) is -1.52. The van der Waals surface area contributed by atoms with Gasteiger partial charge in [0.25, 0.3) is 0 Å². The van der Waals surface area contributed by atoms with Crippen LogP contribution in [0.15, 0.2) is 0 Å². The summed E-state index contributed by atoms with van der Waals surface area (Å²) < 4.78 is 0. The fourth-order valence-electron chi connectivity index (χ4n) is 3.40. The van der Waals surface area contributed by atoms with Crippen LogP contribution in [0.25, 0.3) is 0 Å². The van der Waals surface area contributed by atoms with Gasteiger partial charge in [-0.1, -0.05) is 129 Å². The van der Waals surface area contributed by atoms with E-state index in [0.29, 0.717) is 0 Å². The lowest BCUT2D eigenvalue weighted by atomic mass is 10.0. The maximum absolute atomic E-state index is 5.88. The van der Waals surface area contributed by atoms with E-state index in [1.165, 1.54) is 116 Å². The van der Waals surface area contributed by atoms with Crippen LogP contribution in [-0.4, -0.2) is 6.00 Å². The van der Waals surface area contributed by atoms with E-state index in [2.05, 4.69) is 6.92 Å². The van der Waals surface area contributed by atoms with Crippen LogP contribution in [0.4, 0.5) is 0 Å². The van der Waals surface area contributed by atoms with Crippen molar-refractivity contribution in [1.82, 2.24) is 0 Å². The summed E-state index contributed by atoms with van der Waals surface area (Å²) in [5.41, 5.74) is 0. The van der Waals surface area contributed by atoms with Gasteiger partial charge >= 0.3 is 6.00 Å². The SMILES string of the molecule is CCCCCCCCCCCCCCCCCCCCC[Si](Cl)(Cl)Cl. The Bertz CT molecular complexity index is 254. The molecule has 25 heavy (non-hydrogen) atoms. The molecule has 0 atom stereocenters. The summed E-state index contributed by atoms with van der Waals surface area (Å²) in [6.45, 7) is 2.29. The third kappa shape index (κ3) is 25.1. The molecule has 0 bridgehead atoms. The van der Waals surface area contributed by atoms with Crippen molar-refractivity contribution in [3.63, 3.8) is 0 Å². The Hall–Kier alpha value is 1.09. The van der Waals surface area contributed by atoms with Crippen LogP contribution in [0, 0.1) is 0 Å². The largest absolute Gasteiger partial charge is 0.341 e. The summed E-state index contributed by atoms with van der Waals surface area (Å²) >= 11 is 17.7. The predicted molar refractivity (Wildman–Crippen MR) is 122 cm³/mol. The molecule has 0 aromatic heterocycles. The molecule has 4 heteroatoms. The third-order valence-corrected chi connectivity index (χ3v) is 7.69. The molecule has 0 radical (unpaired) electrons. The minimum absolute atomic E-state index is 0.830. The van der Waals surface area contributed by atoms with E-state index in [1.807, 2.05) is 0 Å². The average Bonchev–Trinajstić information content (AvgIpc) is 2.56. The first-order valence-electron chi connectivity index (χ1n) is 11.1. The Labute approximate surface area is 173 Å². The predicted octanol–water partition coefficient (Wildman–Crippen LogP) is 10.1. The Morgan fingerprint density at radius 2 is 0.640 bits per heavy atom. The molecule has 0 amide bonds. The van der Waals surface area contributed by atoms with Gasteiger partial charge in [-0.05, 0) is 6.04 Å². The lowest BCUT2D eigenvalue weighted by Crippen LogP contribution is -2.07. The van der Waals surface area contributed by atoms with Gasteiger partial charge in [0.1, 0.15) is 0 Å². The molecule has 0 saturated carbocycles. The van der Waals surface area contributed by atoms with E-state index in [0.717, 1.165) is 12.5 Å². The summed E-state index contributed by atoms with van der Waals surface area (Å²) in [6.07, 6.45) is 26.6. The van der Waals surface area contributed by atoms with E-state index in [1.54, 1.807) is 0 Å². The van der Waals surface area contributed by atoms with Crippen molar-refractivity contribution in [2.24, 2.45) is 0 Å². The van der Waals surface area contributed by atoms with Crippen molar-refractivity contribution in [2.45, 2.75) is 135 Å². The fraction of sp³-hybridized carbons (Fsp3) is 1.00. The third-order valence-electron chi connectivity index (χ3n) is 5.06. The molecule has 0 aromatic rings. The quantitative estimate of drug-likeness (QED) is 0.102. The van der Waals surface area contributed by atoms with Gasteiger partial charge in [0.2, 0.25) is 0 Å². The van der Waals surface area contributed by atoms with Crippen LogP contribution in [0.1, 0.15) is 129 Å². The fourth-order valence-corrected chi connectivity index (χ4v) is 5.26. The highest BCUT2D eigenvalue weighted by Crippen LogP contribution is 2.27. The molecule has 0 aliphatic rings. The van der Waals surface area contributed by atoms with Crippen LogP contribution in [-0.2, 0) is 0 Å². The van der Waals surface area contributed by atoms with Crippen LogP contribution < -0.4 is 0 Å². The smallest absolute Gasteiger partial charge is 0.126 e. The van der Waals surface area contributed by atoms with E-state index in [9.17, 15) is 0 Å². The van der Waals surface area contributed by atoms with Gasteiger partial charge in [0.15, 0.2) is 0 Å². The van der Waals surface area contributed by atoms with E-state index >= 15 is 0 Å². The molecular weight excluding hydrogens is 387 g/mol. The first-order chi connectivity index (χ1) is 12.1. The van der Waals surface area contributed by atoms with Gasteiger partial charge in [0, 0.05) is 0 Å². The summed E-state index contributed by atoms with van der Waals surface area (Å²) in [5.74, 6) is 0. The molecule has 0 unspecified atom stereocenters. The summed E-state index contributed by atoms with van der Waals surface area (Å²) in [7, 11) is 0. The van der Waals surface area contributed by atoms with Gasteiger partial charge in [0.05, 0.1) is 0 Å². The Morgan fingerprint density at radius 3 is 0.880 bits per heavy atom. The van der Waals surface area contributed by atoms with E-state index in [4.69, 9.17) is 33.2 Å². The first-order valence-corrected chi connectivity index (χ1v) is 16.4. The molecule has 0 rings (SSSR count). The molecule has 0 N–H and O–H groups in total. The Kier molecular flexibility index (Phi) is 20.7. The Morgan fingerprint density at radius 1 is 0.400 bits per heavy atom. The van der Waals surface area contributed by atoms with Gasteiger partial charge in [-0.3, -0.25) is 0 Å². The molecule has 0 heterocycles. The molecule has 0 spiro atoms. The van der Waals surface area contributed by atoms with Crippen molar-refractivity contribution in [1.29, 1.82) is 0 Å². The number of hydrogen-bond acceptors (Lipinski definition) is 0. The van der Waals surface area contributed by atoms with E-state index < -0.39 is 6.00 Å². The number of rotatable bonds is 20. The monoisotopic (exact) mass is 428 g/mol. The second-order valence-electron chi connectivity index (χ2n) is 7.73. The maximum Gasteiger partial charge on any atom is 0.341 e. The van der Waals surface area contributed by atoms with Gasteiger partial charge in [-0.15, -0.1) is 33.2 Å². The van der Waals surface area contributed by atoms with Crippen molar-refractivity contribution < 1.29 is 0 Å².